The second-order valence-corrected chi connectivity index (χ2v) is 6.97. The van der Waals surface area contributed by atoms with E-state index in [1.165, 1.54) is 0 Å². The zero-order valence-corrected chi connectivity index (χ0v) is 15.9. The molecule has 1 saturated heterocycles. The highest BCUT2D eigenvalue weighted by atomic mass is 35.5. The van der Waals surface area contributed by atoms with E-state index in [-0.39, 0.29) is 30.3 Å². The molecule has 26 heavy (non-hydrogen) atoms. The number of nitrogens with zero attached hydrogens (tertiary/aromatic N) is 1. The number of likely N-dealkylation sites (tertiary alicyclic amines) is 1. The average molecular weight is 391 g/mol. The Hall–Kier alpha value is -2.01. The van der Waals surface area contributed by atoms with E-state index in [0.29, 0.717) is 29.5 Å². The molecule has 6 heteroatoms. The van der Waals surface area contributed by atoms with Crippen LogP contribution in [0.3, 0.4) is 0 Å². The SMILES string of the molecule is Cc1c(C(=O)N2C[C@@H](N)[C@H](c3ccccc3)C2)oc2c(Cl)cccc12.Cl. The number of carbonyl (C=O) groups is 1. The van der Waals surface area contributed by atoms with Gasteiger partial charge in [-0.2, -0.15) is 0 Å². The first-order chi connectivity index (χ1) is 12.1. The number of aryl methyl sites for hydroxylation is 1. The first kappa shape index (κ1) is 18.8. The Bertz CT molecular complexity index is 940. The summed E-state index contributed by atoms with van der Waals surface area (Å²) in [5.41, 5.74) is 8.85. The highest BCUT2D eigenvalue weighted by Gasteiger charge is 2.36. The molecule has 0 bridgehead atoms. The molecule has 0 saturated carbocycles. The van der Waals surface area contributed by atoms with Gasteiger partial charge in [0, 0.05) is 36.0 Å². The molecule has 0 spiro atoms. The largest absolute Gasteiger partial charge is 0.449 e. The minimum Gasteiger partial charge on any atom is -0.449 e. The molecule has 136 valence electrons. The fourth-order valence-corrected chi connectivity index (χ4v) is 3.82. The molecular formula is C20H20Cl2N2O2. The van der Waals surface area contributed by atoms with Crippen LogP contribution in [0, 0.1) is 6.92 Å². The number of nitrogens with two attached hydrogens (primary N) is 1. The van der Waals surface area contributed by atoms with Crippen molar-refractivity contribution in [2.45, 2.75) is 18.9 Å². The Labute approximate surface area is 163 Å². The lowest BCUT2D eigenvalue weighted by Gasteiger charge is -2.15. The molecule has 0 aliphatic carbocycles. The molecule has 2 aromatic carbocycles. The predicted molar refractivity (Wildman–Crippen MR) is 106 cm³/mol. The van der Waals surface area contributed by atoms with Gasteiger partial charge in [0.2, 0.25) is 0 Å². The maximum atomic E-state index is 13.0. The van der Waals surface area contributed by atoms with Crippen LogP contribution in [0.2, 0.25) is 5.02 Å². The molecule has 1 aliphatic rings. The Morgan fingerprint density at radius 2 is 1.88 bits per heavy atom. The van der Waals surface area contributed by atoms with Crippen LogP contribution in [0.4, 0.5) is 0 Å². The molecular weight excluding hydrogens is 371 g/mol. The number of amides is 1. The lowest BCUT2D eigenvalue weighted by molar-refractivity contribution is 0.0759. The van der Waals surface area contributed by atoms with Gasteiger partial charge in [0.15, 0.2) is 11.3 Å². The Morgan fingerprint density at radius 1 is 1.15 bits per heavy atom. The van der Waals surface area contributed by atoms with E-state index in [2.05, 4.69) is 12.1 Å². The molecule has 2 N–H and O–H groups in total. The van der Waals surface area contributed by atoms with Crippen molar-refractivity contribution in [3.8, 4) is 0 Å². The standard InChI is InChI=1S/C20H19ClN2O2.ClH/c1-12-14-8-5-9-16(21)19(14)25-18(12)20(24)23-10-15(17(22)11-23)13-6-3-2-4-7-13;/h2-9,15,17H,10-11,22H2,1H3;1H/t15-,17+;/m0./s1. The molecule has 1 amide bonds. The van der Waals surface area contributed by atoms with Crippen molar-refractivity contribution in [2.24, 2.45) is 5.73 Å². The van der Waals surface area contributed by atoms with Crippen molar-refractivity contribution in [2.75, 3.05) is 13.1 Å². The molecule has 1 fully saturated rings. The number of benzene rings is 2. The number of fused-ring (bicyclic) bond motifs is 1. The van der Waals surface area contributed by atoms with Crippen LogP contribution < -0.4 is 5.73 Å². The highest BCUT2D eigenvalue weighted by molar-refractivity contribution is 6.35. The zero-order valence-electron chi connectivity index (χ0n) is 14.3. The molecule has 2 heterocycles. The summed E-state index contributed by atoms with van der Waals surface area (Å²) in [6, 6.07) is 15.6. The van der Waals surface area contributed by atoms with Crippen LogP contribution in [0.25, 0.3) is 11.0 Å². The fourth-order valence-electron chi connectivity index (χ4n) is 3.60. The maximum absolute atomic E-state index is 13.0. The summed E-state index contributed by atoms with van der Waals surface area (Å²) in [6.45, 7) is 3.00. The maximum Gasteiger partial charge on any atom is 0.289 e. The van der Waals surface area contributed by atoms with Gasteiger partial charge in [0.05, 0.1) is 5.02 Å². The molecule has 0 radical (unpaired) electrons. The molecule has 3 aromatic rings. The monoisotopic (exact) mass is 390 g/mol. The molecule has 1 aliphatic heterocycles. The van der Waals surface area contributed by atoms with E-state index >= 15 is 0 Å². The van der Waals surface area contributed by atoms with Crippen LogP contribution in [0.15, 0.2) is 52.9 Å². The number of rotatable bonds is 2. The number of para-hydroxylation sites is 1. The molecule has 2 atom stereocenters. The Morgan fingerprint density at radius 3 is 2.58 bits per heavy atom. The topological polar surface area (TPSA) is 59.5 Å². The smallest absolute Gasteiger partial charge is 0.289 e. The van der Waals surface area contributed by atoms with Gasteiger partial charge in [0.25, 0.3) is 5.91 Å². The first-order valence-electron chi connectivity index (χ1n) is 8.33. The van der Waals surface area contributed by atoms with Crippen molar-refractivity contribution in [3.05, 3.63) is 70.4 Å². The fraction of sp³-hybridized carbons (Fsp3) is 0.250. The summed E-state index contributed by atoms with van der Waals surface area (Å²) in [4.78, 5) is 14.8. The normalized spacial score (nSPS) is 19.6. The van der Waals surface area contributed by atoms with Crippen LogP contribution in [0.5, 0.6) is 0 Å². The van der Waals surface area contributed by atoms with E-state index in [0.717, 1.165) is 16.5 Å². The minimum absolute atomic E-state index is 0. The predicted octanol–water partition coefficient (Wildman–Crippen LogP) is 4.38. The molecule has 4 nitrogen and oxygen atoms in total. The average Bonchev–Trinajstić information content (AvgIpc) is 3.17. The van der Waals surface area contributed by atoms with Gasteiger partial charge in [-0.3, -0.25) is 4.79 Å². The van der Waals surface area contributed by atoms with Crippen LogP contribution >= 0.6 is 24.0 Å². The number of carbonyl (C=O) groups excluding carboxylic acids is 1. The van der Waals surface area contributed by atoms with Gasteiger partial charge < -0.3 is 15.1 Å². The van der Waals surface area contributed by atoms with Gasteiger partial charge in [-0.15, -0.1) is 12.4 Å². The summed E-state index contributed by atoms with van der Waals surface area (Å²) in [7, 11) is 0. The van der Waals surface area contributed by atoms with E-state index in [4.69, 9.17) is 21.8 Å². The third kappa shape index (κ3) is 3.09. The minimum atomic E-state index is -0.126. The van der Waals surface area contributed by atoms with Gasteiger partial charge in [0.1, 0.15) is 0 Å². The Kier molecular flexibility index (Phi) is 5.28. The van der Waals surface area contributed by atoms with Crippen LogP contribution in [-0.2, 0) is 0 Å². The molecule has 1 aromatic heterocycles. The first-order valence-corrected chi connectivity index (χ1v) is 8.71. The number of hydrogen-bond donors (Lipinski definition) is 1. The van der Waals surface area contributed by atoms with Crippen molar-refractivity contribution in [1.82, 2.24) is 4.90 Å². The van der Waals surface area contributed by atoms with Crippen LogP contribution in [-0.4, -0.2) is 29.9 Å². The van der Waals surface area contributed by atoms with Gasteiger partial charge in [-0.1, -0.05) is 54.1 Å². The van der Waals surface area contributed by atoms with E-state index in [9.17, 15) is 4.79 Å². The van der Waals surface area contributed by atoms with Crippen molar-refractivity contribution < 1.29 is 9.21 Å². The summed E-state index contributed by atoms with van der Waals surface area (Å²) < 4.78 is 5.82. The number of halogens is 2. The highest BCUT2D eigenvalue weighted by Crippen LogP contribution is 2.33. The molecule has 4 rings (SSSR count). The summed E-state index contributed by atoms with van der Waals surface area (Å²) >= 11 is 6.19. The second-order valence-electron chi connectivity index (χ2n) is 6.56. The Balaban J connectivity index is 0.00000196. The summed E-state index contributed by atoms with van der Waals surface area (Å²) in [5.74, 6) is 0.362. The lowest BCUT2D eigenvalue weighted by atomic mass is 9.95. The van der Waals surface area contributed by atoms with Gasteiger partial charge in [-0.05, 0) is 18.6 Å². The van der Waals surface area contributed by atoms with E-state index < -0.39 is 0 Å². The zero-order chi connectivity index (χ0) is 17.6. The summed E-state index contributed by atoms with van der Waals surface area (Å²) in [5, 5.41) is 1.39. The van der Waals surface area contributed by atoms with Gasteiger partial charge in [-0.25, -0.2) is 0 Å². The van der Waals surface area contributed by atoms with Crippen molar-refractivity contribution in [3.63, 3.8) is 0 Å². The van der Waals surface area contributed by atoms with Gasteiger partial charge >= 0.3 is 0 Å². The van der Waals surface area contributed by atoms with Crippen molar-refractivity contribution >= 4 is 40.9 Å². The van der Waals surface area contributed by atoms with Crippen LogP contribution in [0.1, 0.15) is 27.6 Å². The number of furan rings is 1. The van der Waals surface area contributed by atoms with Crippen molar-refractivity contribution in [1.29, 1.82) is 0 Å². The number of hydrogen-bond acceptors (Lipinski definition) is 3. The molecule has 0 unspecified atom stereocenters. The third-order valence-electron chi connectivity index (χ3n) is 4.99. The lowest BCUT2D eigenvalue weighted by Crippen LogP contribution is -2.32. The third-order valence-corrected chi connectivity index (χ3v) is 5.29. The summed E-state index contributed by atoms with van der Waals surface area (Å²) in [6.07, 6.45) is 0. The second kappa shape index (κ2) is 7.31. The van der Waals surface area contributed by atoms with E-state index in [1.807, 2.05) is 37.3 Å². The quantitative estimate of drug-likeness (QED) is 0.705. The van der Waals surface area contributed by atoms with E-state index in [1.54, 1.807) is 11.0 Å².